The Morgan fingerprint density at radius 3 is 1.74 bits per heavy atom. The number of primary amides is 1. The van der Waals surface area contributed by atoms with E-state index in [0.29, 0.717) is 0 Å². The van der Waals surface area contributed by atoms with E-state index >= 15 is 0 Å². The minimum absolute atomic E-state index is 0.101. The average Bonchev–Trinajstić information content (AvgIpc) is 2.62. The summed E-state index contributed by atoms with van der Waals surface area (Å²) in [6.45, 7) is 3.50. The first kappa shape index (κ1) is 28.1. The van der Waals surface area contributed by atoms with Crippen LogP contribution in [0.25, 0.3) is 0 Å². The van der Waals surface area contributed by atoms with E-state index in [1.54, 1.807) is 13.8 Å². The van der Waals surface area contributed by atoms with Crippen molar-refractivity contribution in [2.45, 2.75) is 57.3 Å². The summed E-state index contributed by atoms with van der Waals surface area (Å²) < 4.78 is 0. The van der Waals surface area contributed by atoms with E-state index in [0.717, 1.165) is 0 Å². The average molecular weight is 464 g/mol. The summed E-state index contributed by atoms with van der Waals surface area (Å²) in [6, 6.07) is -5.51. The number of hydrogen-bond acceptors (Lipinski definition) is 8. The normalized spacial score (nSPS) is 14.6. The highest BCUT2D eigenvalue weighted by Crippen LogP contribution is 2.07. The van der Waals surface area contributed by atoms with Crippen molar-refractivity contribution in [3.63, 3.8) is 0 Å². The molecule has 14 heteroatoms. The Bertz CT molecular complexity index is 702. The molecule has 0 bridgehead atoms. The van der Waals surface area contributed by atoms with Crippen molar-refractivity contribution in [1.82, 2.24) is 16.0 Å². The van der Waals surface area contributed by atoms with Crippen molar-refractivity contribution in [3.05, 3.63) is 0 Å². The van der Waals surface area contributed by atoms with Gasteiger partial charge in [0.15, 0.2) is 0 Å². The van der Waals surface area contributed by atoms with Crippen molar-refractivity contribution in [2.24, 2.45) is 17.4 Å². The SMILES string of the molecule is CC(C)CC(NC(=O)C(N)CC(N)=O)C(=O)NC(CC(=O)O)C(=O)NC(CS)C(=O)O. The lowest BCUT2D eigenvalue weighted by Crippen LogP contribution is -2.58. The Morgan fingerprint density at radius 2 is 1.32 bits per heavy atom. The van der Waals surface area contributed by atoms with Crippen LogP contribution in [0.5, 0.6) is 0 Å². The van der Waals surface area contributed by atoms with Crippen molar-refractivity contribution in [1.29, 1.82) is 0 Å². The number of carbonyl (C=O) groups is 6. The molecule has 31 heavy (non-hydrogen) atoms. The third kappa shape index (κ3) is 11.2. The van der Waals surface area contributed by atoms with Gasteiger partial charge in [-0.3, -0.25) is 24.0 Å². The smallest absolute Gasteiger partial charge is 0.327 e. The monoisotopic (exact) mass is 463 g/mol. The molecule has 0 aromatic rings. The Morgan fingerprint density at radius 1 is 0.839 bits per heavy atom. The van der Waals surface area contributed by atoms with Gasteiger partial charge in [0.2, 0.25) is 23.6 Å². The molecule has 0 saturated carbocycles. The quantitative estimate of drug-likeness (QED) is 0.124. The molecule has 4 unspecified atom stereocenters. The molecule has 4 atom stereocenters. The van der Waals surface area contributed by atoms with Crippen LogP contribution in [0, 0.1) is 5.92 Å². The van der Waals surface area contributed by atoms with E-state index in [4.69, 9.17) is 21.7 Å². The van der Waals surface area contributed by atoms with Crippen molar-refractivity contribution >= 4 is 48.2 Å². The van der Waals surface area contributed by atoms with Gasteiger partial charge in [0.25, 0.3) is 0 Å². The molecule has 0 radical (unpaired) electrons. The molecule has 0 aliphatic rings. The lowest BCUT2D eigenvalue weighted by Gasteiger charge is -2.25. The number of aliphatic carboxylic acids is 2. The van der Waals surface area contributed by atoms with Gasteiger partial charge in [-0.2, -0.15) is 12.6 Å². The predicted molar refractivity (Wildman–Crippen MR) is 111 cm³/mol. The molecule has 0 aliphatic carbocycles. The predicted octanol–water partition coefficient (Wildman–Crippen LogP) is -2.82. The van der Waals surface area contributed by atoms with Crippen LogP contribution >= 0.6 is 12.6 Å². The molecule has 9 N–H and O–H groups in total. The molecule has 4 amide bonds. The maximum atomic E-state index is 12.7. The number of nitrogens with one attached hydrogen (secondary N) is 3. The fourth-order valence-electron chi connectivity index (χ4n) is 2.41. The first-order valence-corrected chi connectivity index (χ1v) is 9.92. The van der Waals surface area contributed by atoms with E-state index in [1.807, 2.05) is 0 Å². The Hall–Kier alpha value is -2.87. The van der Waals surface area contributed by atoms with Crippen LogP contribution in [-0.4, -0.2) is 75.7 Å². The molecule has 0 aromatic heterocycles. The van der Waals surface area contributed by atoms with Gasteiger partial charge in [0.1, 0.15) is 18.1 Å². The zero-order valence-electron chi connectivity index (χ0n) is 17.2. The number of hydrogen-bond donors (Lipinski definition) is 8. The number of nitrogens with two attached hydrogens (primary N) is 2. The second-order valence-electron chi connectivity index (χ2n) is 7.21. The van der Waals surface area contributed by atoms with Crippen molar-refractivity contribution in [3.8, 4) is 0 Å². The highest BCUT2D eigenvalue weighted by molar-refractivity contribution is 7.80. The molecule has 0 spiro atoms. The fourth-order valence-corrected chi connectivity index (χ4v) is 2.65. The maximum absolute atomic E-state index is 12.7. The summed E-state index contributed by atoms with van der Waals surface area (Å²) >= 11 is 3.80. The minimum atomic E-state index is -1.61. The standard InChI is InChI=1S/C17H29N5O8S/c1-7(2)3-9(20-14(26)8(18)4-12(19)23)15(27)21-10(5-13(24)25)16(28)22-11(6-31)17(29)30/h7-11,31H,3-6,18H2,1-2H3,(H2,19,23)(H,20,26)(H,21,27)(H,22,28)(H,24,25)(H,29,30). The van der Waals surface area contributed by atoms with Gasteiger partial charge in [-0.05, 0) is 12.3 Å². The highest BCUT2D eigenvalue weighted by Gasteiger charge is 2.31. The molecule has 0 fully saturated rings. The summed E-state index contributed by atoms with van der Waals surface area (Å²) in [7, 11) is 0. The topological polar surface area (TPSA) is 231 Å². The molecule has 0 heterocycles. The van der Waals surface area contributed by atoms with E-state index in [9.17, 15) is 28.8 Å². The summed E-state index contributed by atoms with van der Waals surface area (Å²) in [5.74, 6) is -6.76. The lowest BCUT2D eigenvalue weighted by molar-refractivity contribution is -0.143. The van der Waals surface area contributed by atoms with E-state index in [1.165, 1.54) is 0 Å². The number of thiol groups is 1. The van der Waals surface area contributed by atoms with Crippen LogP contribution in [0.2, 0.25) is 0 Å². The van der Waals surface area contributed by atoms with Gasteiger partial charge in [0, 0.05) is 5.75 Å². The minimum Gasteiger partial charge on any atom is -0.481 e. The van der Waals surface area contributed by atoms with Crippen molar-refractivity contribution in [2.75, 3.05) is 5.75 Å². The number of amides is 4. The second-order valence-corrected chi connectivity index (χ2v) is 7.57. The Kier molecular flexibility index (Phi) is 12.2. The molecule has 0 aromatic carbocycles. The van der Waals surface area contributed by atoms with Gasteiger partial charge in [-0.15, -0.1) is 0 Å². The van der Waals surface area contributed by atoms with Crippen LogP contribution < -0.4 is 27.4 Å². The molecule has 13 nitrogen and oxygen atoms in total. The number of carboxylic acids is 2. The van der Waals surface area contributed by atoms with Gasteiger partial charge < -0.3 is 37.6 Å². The van der Waals surface area contributed by atoms with E-state index < -0.39 is 72.6 Å². The number of carbonyl (C=O) groups excluding carboxylic acids is 4. The second kappa shape index (κ2) is 13.4. The third-order valence-corrected chi connectivity index (χ3v) is 4.27. The van der Waals surface area contributed by atoms with E-state index in [2.05, 4.69) is 28.6 Å². The van der Waals surface area contributed by atoms with Crippen molar-refractivity contribution < 1.29 is 39.0 Å². The maximum Gasteiger partial charge on any atom is 0.327 e. The van der Waals surface area contributed by atoms with Crippen LogP contribution in [0.4, 0.5) is 0 Å². The summed E-state index contributed by atoms with van der Waals surface area (Å²) in [5, 5.41) is 24.7. The van der Waals surface area contributed by atoms with Gasteiger partial charge in [-0.1, -0.05) is 13.8 Å². The summed E-state index contributed by atoms with van der Waals surface area (Å²) in [4.78, 5) is 70.3. The Labute approximate surface area is 184 Å². The zero-order chi connectivity index (χ0) is 24.3. The molecule has 0 rings (SSSR count). The highest BCUT2D eigenvalue weighted by atomic mass is 32.1. The van der Waals surface area contributed by atoms with Crippen LogP contribution in [0.3, 0.4) is 0 Å². The summed E-state index contributed by atoms with van der Waals surface area (Å²) in [5.41, 5.74) is 10.6. The molecule has 0 saturated heterocycles. The summed E-state index contributed by atoms with van der Waals surface area (Å²) in [6.07, 6.45) is -1.18. The molecule has 0 aliphatic heterocycles. The molecular weight excluding hydrogens is 434 g/mol. The lowest BCUT2D eigenvalue weighted by atomic mass is 10.0. The molecule has 176 valence electrons. The van der Waals surface area contributed by atoms with E-state index in [-0.39, 0.29) is 18.1 Å². The zero-order valence-corrected chi connectivity index (χ0v) is 18.1. The van der Waals surface area contributed by atoms with Crippen LogP contribution in [0.15, 0.2) is 0 Å². The first-order valence-electron chi connectivity index (χ1n) is 9.28. The number of rotatable bonds is 14. The van der Waals surface area contributed by atoms with Crippen LogP contribution in [-0.2, 0) is 28.8 Å². The fraction of sp³-hybridized carbons (Fsp3) is 0.647. The van der Waals surface area contributed by atoms with Gasteiger partial charge in [0.05, 0.1) is 18.9 Å². The van der Waals surface area contributed by atoms with Crippen LogP contribution in [0.1, 0.15) is 33.1 Å². The number of carboxylic acid groups (broad SMARTS) is 2. The largest absolute Gasteiger partial charge is 0.481 e. The third-order valence-electron chi connectivity index (χ3n) is 3.91. The Balaban J connectivity index is 5.45. The van der Waals surface area contributed by atoms with Gasteiger partial charge in [-0.25, -0.2) is 4.79 Å². The molecular formula is C17H29N5O8S. The first-order chi connectivity index (χ1) is 14.3. The van der Waals surface area contributed by atoms with Gasteiger partial charge >= 0.3 is 11.9 Å².